The molecule has 1 N–H and O–H groups in total. The summed E-state index contributed by atoms with van der Waals surface area (Å²) in [5.41, 5.74) is 4.58. The molecule has 6 heteroatoms. The van der Waals surface area contributed by atoms with Crippen LogP contribution in [0.4, 0.5) is 4.39 Å². The Morgan fingerprint density at radius 2 is 1.39 bits per heavy atom. The van der Waals surface area contributed by atoms with Crippen molar-refractivity contribution < 1.29 is 14.0 Å². The Kier molecular flexibility index (Phi) is 9.28. The van der Waals surface area contributed by atoms with Crippen LogP contribution in [0.2, 0.25) is 5.02 Å². The third kappa shape index (κ3) is 7.77. The average Bonchev–Trinajstić information content (AvgIpc) is 2.93. The third-order valence-corrected chi connectivity index (χ3v) is 6.65. The minimum absolute atomic E-state index is 0.106. The molecule has 1 unspecified atom stereocenters. The molecular formula is C32H30ClFN2O2. The Morgan fingerprint density at radius 1 is 0.789 bits per heavy atom. The van der Waals surface area contributed by atoms with Crippen LogP contribution in [-0.4, -0.2) is 22.8 Å². The molecule has 2 amide bonds. The summed E-state index contributed by atoms with van der Waals surface area (Å²) in [6.45, 7) is 2.53. The van der Waals surface area contributed by atoms with Gasteiger partial charge in [0.25, 0.3) is 0 Å². The molecule has 194 valence electrons. The molecule has 4 nitrogen and oxygen atoms in total. The molecule has 0 saturated carbocycles. The number of hydrogen-bond donors (Lipinski definition) is 1. The van der Waals surface area contributed by atoms with Gasteiger partial charge < -0.3 is 10.2 Å². The molecule has 4 rings (SSSR count). The van der Waals surface area contributed by atoms with Gasteiger partial charge in [0.05, 0.1) is 6.42 Å². The summed E-state index contributed by atoms with van der Waals surface area (Å²) in [6.07, 6.45) is 0.447. The van der Waals surface area contributed by atoms with Crippen molar-refractivity contribution in [1.29, 1.82) is 0 Å². The van der Waals surface area contributed by atoms with E-state index >= 15 is 0 Å². The lowest BCUT2D eigenvalue weighted by atomic mass is 10.0. The lowest BCUT2D eigenvalue weighted by molar-refractivity contribution is -0.140. The van der Waals surface area contributed by atoms with Crippen LogP contribution >= 0.6 is 11.6 Å². The van der Waals surface area contributed by atoms with Gasteiger partial charge in [-0.2, -0.15) is 0 Å². The quantitative estimate of drug-likeness (QED) is 0.263. The molecule has 0 aliphatic carbocycles. The van der Waals surface area contributed by atoms with Gasteiger partial charge >= 0.3 is 0 Å². The van der Waals surface area contributed by atoms with Gasteiger partial charge in [0.2, 0.25) is 11.8 Å². The van der Waals surface area contributed by atoms with E-state index in [0.29, 0.717) is 18.0 Å². The van der Waals surface area contributed by atoms with Gasteiger partial charge in [-0.25, -0.2) is 4.39 Å². The molecule has 0 saturated heterocycles. The van der Waals surface area contributed by atoms with Gasteiger partial charge in [-0.15, -0.1) is 0 Å². The second-order valence-corrected chi connectivity index (χ2v) is 9.80. The van der Waals surface area contributed by atoms with Crippen molar-refractivity contribution in [3.8, 4) is 0 Å². The van der Waals surface area contributed by atoms with Gasteiger partial charge in [0.15, 0.2) is 0 Å². The van der Waals surface area contributed by atoms with Crippen LogP contribution < -0.4 is 5.32 Å². The summed E-state index contributed by atoms with van der Waals surface area (Å²) in [6, 6.07) is 29.9. The average molecular weight is 529 g/mol. The fourth-order valence-electron chi connectivity index (χ4n) is 4.23. The summed E-state index contributed by atoms with van der Waals surface area (Å²) in [5.74, 6) is -0.812. The van der Waals surface area contributed by atoms with E-state index in [4.69, 9.17) is 11.6 Å². The Labute approximate surface area is 228 Å². The minimum atomic E-state index is -0.771. The first kappa shape index (κ1) is 27.1. The first-order valence-corrected chi connectivity index (χ1v) is 12.9. The summed E-state index contributed by atoms with van der Waals surface area (Å²) in [4.78, 5) is 29.0. The van der Waals surface area contributed by atoms with Crippen LogP contribution in [0.5, 0.6) is 0 Å². The number of nitrogens with one attached hydrogen (secondary N) is 1. The number of carbonyl (C=O) groups excluding carboxylic acids is 2. The lowest BCUT2D eigenvalue weighted by Gasteiger charge is -2.32. The second kappa shape index (κ2) is 13.0. The highest BCUT2D eigenvalue weighted by Crippen LogP contribution is 2.18. The van der Waals surface area contributed by atoms with Gasteiger partial charge in [-0.05, 0) is 53.4 Å². The highest BCUT2D eigenvalue weighted by atomic mass is 35.5. The molecule has 0 bridgehead atoms. The van der Waals surface area contributed by atoms with E-state index in [1.54, 1.807) is 41.3 Å². The smallest absolute Gasteiger partial charge is 0.243 e. The topological polar surface area (TPSA) is 49.4 Å². The molecule has 4 aromatic carbocycles. The van der Waals surface area contributed by atoms with Crippen molar-refractivity contribution in [3.63, 3.8) is 0 Å². The molecule has 0 radical (unpaired) electrons. The van der Waals surface area contributed by atoms with Crippen LogP contribution in [-0.2, 0) is 35.5 Å². The molecule has 38 heavy (non-hydrogen) atoms. The highest BCUT2D eigenvalue weighted by molar-refractivity contribution is 6.30. The Morgan fingerprint density at radius 3 is 2.05 bits per heavy atom. The number of nitrogens with zero attached hydrogens (tertiary/aromatic N) is 1. The van der Waals surface area contributed by atoms with Crippen molar-refractivity contribution in [2.24, 2.45) is 0 Å². The van der Waals surface area contributed by atoms with Crippen molar-refractivity contribution in [1.82, 2.24) is 10.2 Å². The maximum Gasteiger partial charge on any atom is 0.243 e. The largest absolute Gasteiger partial charge is 0.350 e. The number of amides is 2. The fourth-order valence-corrected chi connectivity index (χ4v) is 4.36. The van der Waals surface area contributed by atoms with Crippen LogP contribution in [0.1, 0.15) is 27.8 Å². The normalized spacial score (nSPS) is 11.6. The molecule has 0 aromatic heterocycles. The highest BCUT2D eigenvalue weighted by Gasteiger charge is 2.30. The zero-order valence-electron chi connectivity index (χ0n) is 21.2. The predicted octanol–water partition coefficient (Wildman–Crippen LogP) is 6.29. The zero-order chi connectivity index (χ0) is 26.9. The molecule has 0 aliphatic heterocycles. The first-order chi connectivity index (χ1) is 18.4. The number of hydrogen-bond acceptors (Lipinski definition) is 2. The van der Waals surface area contributed by atoms with Crippen LogP contribution in [0.15, 0.2) is 103 Å². The zero-order valence-corrected chi connectivity index (χ0v) is 22.0. The van der Waals surface area contributed by atoms with Crippen molar-refractivity contribution >= 4 is 23.4 Å². The van der Waals surface area contributed by atoms with Crippen molar-refractivity contribution in [3.05, 3.63) is 142 Å². The van der Waals surface area contributed by atoms with Gasteiger partial charge in [-0.1, -0.05) is 96.0 Å². The number of aryl methyl sites for hydroxylation is 1. The van der Waals surface area contributed by atoms with Crippen molar-refractivity contribution in [2.75, 3.05) is 0 Å². The van der Waals surface area contributed by atoms with E-state index in [9.17, 15) is 14.0 Å². The van der Waals surface area contributed by atoms with E-state index in [1.165, 1.54) is 12.1 Å². The standard InChI is InChI=1S/C32H30ClFN2O2/c1-23-7-9-26(10-8-23)21-35-32(38)30(19-24-5-3-2-4-6-24)36(22-27-13-17-29(34)18-14-27)31(37)20-25-11-15-28(33)16-12-25/h2-18,30H,19-22H2,1H3,(H,35,38). The Bertz CT molecular complexity index is 1340. The monoisotopic (exact) mass is 528 g/mol. The fraction of sp³-hybridized carbons (Fsp3) is 0.188. The van der Waals surface area contributed by atoms with E-state index in [1.807, 2.05) is 61.5 Å². The number of carbonyl (C=O) groups is 2. The summed E-state index contributed by atoms with van der Waals surface area (Å²) >= 11 is 6.03. The predicted molar refractivity (Wildman–Crippen MR) is 149 cm³/mol. The molecule has 0 spiro atoms. The molecule has 0 aliphatic rings. The van der Waals surface area contributed by atoms with Gasteiger partial charge in [0.1, 0.15) is 11.9 Å². The van der Waals surface area contributed by atoms with E-state index in [0.717, 1.165) is 27.8 Å². The van der Waals surface area contributed by atoms with Gasteiger partial charge in [0, 0.05) is 24.5 Å². The SMILES string of the molecule is Cc1ccc(CNC(=O)C(Cc2ccccc2)N(Cc2ccc(F)cc2)C(=O)Cc2ccc(Cl)cc2)cc1. The summed E-state index contributed by atoms with van der Waals surface area (Å²) < 4.78 is 13.6. The maximum atomic E-state index is 13.8. The van der Waals surface area contributed by atoms with Crippen LogP contribution in [0.3, 0.4) is 0 Å². The van der Waals surface area contributed by atoms with Crippen LogP contribution in [0.25, 0.3) is 0 Å². The van der Waals surface area contributed by atoms with E-state index in [-0.39, 0.29) is 30.6 Å². The molecule has 0 heterocycles. The molecule has 1 atom stereocenters. The second-order valence-electron chi connectivity index (χ2n) is 9.36. The van der Waals surface area contributed by atoms with E-state index in [2.05, 4.69) is 5.32 Å². The first-order valence-electron chi connectivity index (χ1n) is 12.5. The maximum absolute atomic E-state index is 13.8. The number of halogens is 2. The number of rotatable bonds is 10. The Balaban J connectivity index is 1.63. The van der Waals surface area contributed by atoms with Gasteiger partial charge in [-0.3, -0.25) is 9.59 Å². The van der Waals surface area contributed by atoms with E-state index < -0.39 is 6.04 Å². The lowest BCUT2D eigenvalue weighted by Crippen LogP contribution is -2.50. The minimum Gasteiger partial charge on any atom is -0.350 e. The van der Waals surface area contributed by atoms with Crippen LogP contribution in [0, 0.1) is 12.7 Å². The third-order valence-electron chi connectivity index (χ3n) is 6.39. The summed E-state index contributed by atoms with van der Waals surface area (Å²) in [5, 5.41) is 3.62. The molecule has 0 fully saturated rings. The van der Waals surface area contributed by atoms with Crippen molar-refractivity contribution in [2.45, 2.75) is 38.9 Å². The molecule has 4 aromatic rings. The summed E-state index contributed by atoms with van der Waals surface area (Å²) in [7, 11) is 0. The number of benzene rings is 4. The Hall–Kier alpha value is -3.96. The molecular weight excluding hydrogens is 499 g/mol.